The zero-order valence-corrected chi connectivity index (χ0v) is 18.6. The number of carbonyl (C=O) groups is 2. The lowest BCUT2D eigenvalue weighted by molar-refractivity contribution is -0.130. The average Bonchev–Trinajstić information content (AvgIpc) is 2.85. The Morgan fingerprint density at radius 2 is 1.86 bits per heavy atom. The van der Waals surface area contributed by atoms with Gasteiger partial charge in [-0.1, -0.05) is 13.0 Å². The van der Waals surface area contributed by atoms with Crippen LogP contribution in [0, 0.1) is 23.3 Å². The fraction of sp³-hybridized carbons (Fsp3) is 0.160. The summed E-state index contributed by atoms with van der Waals surface area (Å²) in [7, 11) is 0. The standard InChI is InChI=1S/C25H21F4N3O3/c1-2-12-32(15-22(33)31-20-8-7-18(26)24(28)25(20)29)23(34)10-6-16-5-9-21(19(27)13-16)35-17-4-3-11-30-14-17/h3-11,13-14H,2,12,15H2,1H3,(H,31,33)/b10-6+. The number of halogens is 4. The molecule has 6 nitrogen and oxygen atoms in total. The molecule has 0 atom stereocenters. The summed E-state index contributed by atoms with van der Waals surface area (Å²) < 4.78 is 60.0. The van der Waals surface area contributed by atoms with Crippen molar-refractivity contribution in [1.82, 2.24) is 9.88 Å². The largest absolute Gasteiger partial charge is 0.453 e. The van der Waals surface area contributed by atoms with Gasteiger partial charge in [-0.3, -0.25) is 14.6 Å². The van der Waals surface area contributed by atoms with Gasteiger partial charge >= 0.3 is 0 Å². The number of nitrogens with one attached hydrogen (secondary N) is 1. The summed E-state index contributed by atoms with van der Waals surface area (Å²) in [6.45, 7) is 1.53. The summed E-state index contributed by atoms with van der Waals surface area (Å²) in [6, 6.07) is 8.95. The maximum absolute atomic E-state index is 14.4. The minimum absolute atomic E-state index is 0.0183. The Bertz CT molecular complexity index is 1240. The summed E-state index contributed by atoms with van der Waals surface area (Å²) in [6.07, 6.45) is 6.04. The van der Waals surface area contributed by atoms with Crippen LogP contribution in [0.1, 0.15) is 18.9 Å². The van der Waals surface area contributed by atoms with Crippen molar-refractivity contribution in [2.45, 2.75) is 13.3 Å². The normalized spacial score (nSPS) is 10.9. The molecule has 0 bridgehead atoms. The van der Waals surface area contributed by atoms with Crippen LogP contribution in [0.5, 0.6) is 11.5 Å². The molecule has 182 valence electrons. The lowest BCUT2D eigenvalue weighted by Gasteiger charge is -2.20. The fourth-order valence-corrected chi connectivity index (χ4v) is 3.03. The first-order chi connectivity index (χ1) is 16.8. The Balaban J connectivity index is 1.64. The van der Waals surface area contributed by atoms with Crippen LogP contribution in [-0.2, 0) is 9.59 Å². The molecule has 2 amide bonds. The smallest absolute Gasteiger partial charge is 0.247 e. The topological polar surface area (TPSA) is 71.5 Å². The summed E-state index contributed by atoms with van der Waals surface area (Å²) >= 11 is 0. The fourth-order valence-electron chi connectivity index (χ4n) is 3.03. The zero-order valence-electron chi connectivity index (χ0n) is 18.6. The number of hydrogen-bond acceptors (Lipinski definition) is 4. The van der Waals surface area contributed by atoms with Crippen LogP contribution in [0.2, 0.25) is 0 Å². The van der Waals surface area contributed by atoms with E-state index in [1.165, 1.54) is 29.3 Å². The van der Waals surface area contributed by atoms with Gasteiger partial charge in [0.1, 0.15) is 12.3 Å². The van der Waals surface area contributed by atoms with Crippen molar-refractivity contribution < 1.29 is 31.9 Å². The van der Waals surface area contributed by atoms with Crippen LogP contribution in [0.4, 0.5) is 23.2 Å². The number of benzene rings is 2. The van der Waals surface area contributed by atoms with E-state index in [1.54, 1.807) is 31.3 Å². The Morgan fingerprint density at radius 1 is 1.06 bits per heavy atom. The van der Waals surface area contributed by atoms with E-state index in [9.17, 15) is 27.2 Å². The van der Waals surface area contributed by atoms with Gasteiger partial charge in [0.25, 0.3) is 0 Å². The first kappa shape index (κ1) is 25.4. The van der Waals surface area contributed by atoms with Gasteiger partial charge < -0.3 is 15.0 Å². The average molecular weight is 487 g/mol. The van der Waals surface area contributed by atoms with Gasteiger partial charge in [0.2, 0.25) is 11.8 Å². The van der Waals surface area contributed by atoms with Gasteiger partial charge in [-0.2, -0.15) is 0 Å². The number of carbonyl (C=O) groups excluding carboxylic acids is 2. The van der Waals surface area contributed by atoms with Crippen LogP contribution < -0.4 is 10.1 Å². The number of anilines is 1. The van der Waals surface area contributed by atoms with E-state index in [0.29, 0.717) is 23.8 Å². The molecule has 0 spiro atoms. The molecule has 1 aromatic heterocycles. The second kappa shape index (κ2) is 11.8. The van der Waals surface area contributed by atoms with Crippen molar-refractivity contribution in [3.63, 3.8) is 0 Å². The second-order valence-corrected chi connectivity index (χ2v) is 7.34. The van der Waals surface area contributed by atoms with Crippen LogP contribution >= 0.6 is 0 Å². The van der Waals surface area contributed by atoms with E-state index < -0.39 is 47.3 Å². The highest BCUT2D eigenvalue weighted by molar-refractivity contribution is 5.98. The molecule has 2 aromatic carbocycles. The molecule has 1 heterocycles. The van der Waals surface area contributed by atoms with Crippen molar-refractivity contribution in [2.24, 2.45) is 0 Å². The van der Waals surface area contributed by atoms with E-state index in [4.69, 9.17) is 4.74 Å². The van der Waals surface area contributed by atoms with Crippen molar-refractivity contribution in [3.8, 4) is 11.5 Å². The summed E-state index contributed by atoms with van der Waals surface area (Å²) in [5.74, 6) is -6.29. The Kier molecular flexibility index (Phi) is 8.55. The molecule has 0 aliphatic carbocycles. The van der Waals surface area contributed by atoms with Crippen molar-refractivity contribution in [3.05, 3.63) is 89.8 Å². The summed E-state index contributed by atoms with van der Waals surface area (Å²) in [4.78, 5) is 29.9. The number of aromatic nitrogens is 1. The molecule has 0 aliphatic rings. The number of amides is 2. The van der Waals surface area contributed by atoms with Crippen LogP contribution in [0.25, 0.3) is 6.08 Å². The first-order valence-corrected chi connectivity index (χ1v) is 10.6. The minimum atomic E-state index is -1.71. The third kappa shape index (κ3) is 6.89. The number of hydrogen-bond donors (Lipinski definition) is 1. The molecule has 3 rings (SSSR count). The highest BCUT2D eigenvalue weighted by Gasteiger charge is 2.18. The Hall–Kier alpha value is -4.21. The van der Waals surface area contributed by atoms with Crippen molar-refractivity contribution in [1.29, 1.82) is 0 Å². The quantitative estimate of drug-likeness (QED) is 0.252. The molecule has 0 saturated carbocycles. The number of ether oxygens (including phenoxy) is 1. The van der Waals surface area contributed by atoms with E-state index >= 15 is 0 Å². The van der Waals surface area contributed by atoms with Gasteiger partial charge in [-0.05, 0) is 54.5 Å². The van der Waals surface area contributed by atoms with Gasteiger partial charge in [-0.15, -0.1) is 0 Å². The number of pyridine rings is 1. The van der Waals surface area contributed by atoms with E-state index in [1.807, 2.05) is 0 Å². The molecule has 10 heteroatoms. The van der Waals surface area contributed by atoms with Crippen LogP contribution in [-0.4, -0.2) is 34.8 Å². The van der Waals surface area contributed by atoms with Crippen LogP contribution in [0.15, 0.2) is 60.9 Å². The number of nitrogens with zero attached hydrogens (tertiary/aromatic N) is 2. The molecule has 0 radical (unpaired) electrons. The Labute approximate surface area is 198 Å². The summed E-state index contributed by atoms with van der Waals surface area (Å²) in [5.41, 5.74) is -0.170. The second-order valence-electron chi connectivity index (χ2n) is 7.34. The highest BCUT2D eigenvalue weighted by atomic mass is 19.2. The maximum atomic E-state index is 14.4. The lowest BCUT2D eigenvalue weighted by atomic mass is 10.2. The lowest BCUT2D eigenvalue weighted by Crippen LogP contribution is -2.37. The molecule has 0 unspecified atom stereocenters. The molecule has 0 aliphatic heterocycles. The van der Waals surface area contributed by atoms with E-state index in [0.717, 1.165) is 12.1 Å². The van der Waals surface area contributed by atoms with Crippen molar-refractivity contribution in [2.75, 3.05) is 18.4 Å². The third-order valence-electron chi connectivity index (χ3n) is 4.69. The molecule has 3 aromatic rings. The van der Waals surface area contributed by atoms with Gasteiger partial charge in [0.15, 0.2) is 29.0 Å². The van der Waals surface area contributed by atoms with E-state index in [-0.39, 0.29) is 12.3 Å². The first-order valence-electron chi connectivity index (χ1n) is 10.6. The highest BCUT2D eigenvalue weighted by Crippen LogP contribution is 2.25. The minimum Gasteiger partial charge on any atom is -0.453 e. The predicted molar refractivity (Wildman–Crippen MR) is 122 cm³/mol. The van der Waals surface area contributed by atoms with Gasteiger partial charge in [0.05, 0.1) is 11.9 Å². The van der Waals surface area contributed by atoms with Gasteiger partial charge in [0, 0.05) is 18.8 Å². The molecule has 0 saturated heterocycles. The maximum Gasteiger partial charge on any atom is 0.247 e. The van der Waals surface area contributed by atoms with E-state index in [2.05, 4.69) is 10.3 Å². The monoisotopic (exact) mass is 487 g/mol. The predicted octanol–water partition coefficient (Wildman–Crippen LogP) is 5.32. The zero-order chi connectivity index (χ0) is 25.4. The molecular formula is C25H21F4N3O3. The molecular weight excluding hydrogens is 466 g/mol. The van der Waals surface area contributed by atoms with Gasteiger partial charge in [-0.25, -0.2) is 17.6 Å². The number of rotatable bonds is 9. The molecule has 1 N–H and O–H groups in total. The third-order valence-corrected chi connectivity index (χ3v) is 4.69. The SMILES string of the molecule is CCCN(CC(=O)Nc1ccc(F)c(F)c1F)C(=O)/C=C/c1ccc(Oc2cccnc2)c(F)c1. The molecule has 0 fully saturated rings. The van der Waals surface area contributed by atoms with Crippen LogP contribution in [0.3, 0.4) is 0 Å². The van der Waals surface area contributed by atoms with Crippen molar-refractivity contribution >= 4 is 23.6 Å². The Morgan fingerprint density at radius 3 is 2.54 bits per heavy atom. The molecule has 35 heavy (non-hydrogen) atoms. The summed E-state index contributed by atoms with van der Waals surface area (Å²) in [5, 5.41) is 2.12.